The van der Waals surface area contributed by atoms with Gasteiger partial charge in [0.15, 0.2) is 0 Å². The molecule has 3 aliphatic rings. The van der Waals surface area contributed by atoms with E-state index in [1.165, 1.54) is 10.5 Å². The number of carbonyl (C=O) groups excluding carboxylic acids is 2. The van der Waals surface area contributed by atoms with Gasteiger partial charge in [0.2, 0.25) is 0 Å². The van der Waals surface area contributed by atoms with E-state index in [0.717, 1.165) is 44.3 Å². The number of hydrogen-bond donors (Lipinski definition) is 1. The number of ether oxygens (including phenoxy) is 1. The lowest BCUT2D eigenvalue weighted by molar-refractivity contribution is -0.134. The van der Waals surface area contributed by atoms with Crippen LogP contribution in [0.1, 0.15) is 43.2 Å². The Labute approximate surface area is 136 Å². The highest BCUT2D eigenvalue weighted by molar-refractivity contribution is 6.07. The van der Waals surface area contributed by atoms with Crippen molar-refractivity contribution in [1.82, 2.24) is 10.2 Å². The molecule has 2 fully saturated rings. The van der Waals surface area contributed by atoms with E-state index in [9.17, 15) is 9.59 Å². The monoisotopic (exact) mass is 314 g/mol. The van der Waals surface area contributed by atoms with Gasteiger partial charge in [-0.1, -0.05) is 24.3 Å². The number of carbonyl (C=O) groups is 2. The molecule has 5 heteroatoms. The van der Waals surface area contributed by atoms with Crippen molar-refractivity contribution < 1.29 is 14.3 Å². The topological polar surface area (TPSA) is 58.6 Å². The summed E-state index contributed by atoms with van der Waals surface area (Å²) in [4.78, 5) is 27.0. The molecule has 3 amide bonds. The zero-order chi connectivity index (χ0) is 15.9. The number of imide groups is 1. The number of rotatable bonds is 2. The molecule has 1 aromatic carbocycles. The predicted octanol–water partition coefficient (Wildman–Crippen LogP) is 2.34. The number of benzene rings is 1. The van der Waals surface area contributed by atoms with Crippen LogP contribution >= 0.6 is 0 Å². The van der Waals surface area contributed by atoms with Crippen molar-refractivity contribution in [1.29, 1.82) is 0 Å². The van der Waals surface area contributed by atoms with Crippen LogP contribution in [-0.2, 0) is 21.5 Å². The average molecular weight is 314 g/mol. The van der Waals surface area contributed by atoms with Crippen LogP contribution in [0.2, 0.25) is 0 Å². The molecule has 122 valence electrons. The second kappa shape index (κ2) is 5.64. The minimum atomic E-state index is -0.861. The second-order valence-electron chi connectivity index (χ2n) is 6.75. The largest absolute Gasteiger partial charge is 0.376 e. The lowest BCUT2D eigenvalue weighted by Gasteiger charge is -2.33. The Morgan fingerprint density at radius 3 is 2.91 bits per heavy atom. The maximum atomic E-state index is 13.1. The molecule has 2 saturated heterocycles. The van der Waals surface area contributed by atoms with E-state index in [4.69, 9.17) is 4.74 Å². The molecule has 1 aliphatic carbocycles. The number of nitrogens with one attached hydrogen (secondary N) is 1. The molecule has 2 heterocycles. The molecule has 4 rings (SSSR count). The fourth-order valence-corrected chi connectivity index (χ4v) is 4.13. The van der Waals surface area contributed by atoms with E-state index in [2.05, 4.69) is 11.4 Å². The molecule has 2 aliphatic heterocycles. The number of aryl methyl sites for hydroxylation is 1. The molecule has 0 bridgehead atoms. The molecule has 23 heavy (non-hydrogen) atoms. The molecule has 2 atom stereocenters. The van der Waals surface area contributed by atoms with Gasteiger partial charge in [-0.15, -0.1) is 0 Å². The highest BCUT2D eigenvalue weighted by atomic mass is 16.5. The van der Waals surface area contributed by atoms with Crippen molar-refractivity contribution in [2.24, 2.45) is 0 Å². The molecular formula is C18H22N2O3. The van der Waals surface area contributed by atoms with Crippen molar-refractivity contribution >= 4 is 11.9 Å². The molecule has 1 aromatic rings. The molecule has 1 N–H and O–H groups in total. The summed E-state index contributed by atoms with van der Waals surface area (Å²) in [5.41, 5.74) is 1.28. The Kier molecular flexibility index (Phi) is 3.60. The molecule has 1 spiro atoms. The number of urea groups is 1. The summed E-state index contributed by atoms with van der Waals surface area (Å²) >= 11 is 0. The van der Waals surface area contributed by atoms with Gasteiger partial charge in [-0.3, -0.25) is 9.69 Å². The Morgan fingerprint density at radius 2 is 2.09 bits per heavy atom. The first-order chi connectivity index (χ1) is 11.2. The van der Waals surface area contributed by atoms with Gasteiger partial charge in [0.05, 0.1) is 12.6 Å². The SMILES string of the molecule is O=C1N[C@]2(CCCc3ccccc32)C(=O)N1C[C@H]1CCCCO1. The smallest absolute Gasteiger partial charge is 0.325 e. The van der Waals surface area contributed by atoms with Crippen LogP contribution in [-0.4, -0.2) is 36.1 Å². The van der Waals surface area contributed by atoms with Crippen molar-refractivity contribution in [2.75, 3.05) is 13.2 Å². The van der Waals surface area contributed by atoms with E-state index in [1.807, 2.05) is 18.2 Å². The average Bonchev–Trinajstić information content (AvgIpc) is 2.81. The van der Waals surface area contributed by atoms with E-state index < -0.39 is 5.54 Å². The summed E-state index contributed by atoms with van der Waals surface area (Å²) in [6.45, 7) is 1.09. The van der Waals surface area contributed by atoms with E-state index >= 15 is 0 Å². The van der Waals surface area contributed by atoms with Gasteiger partial charge >= 0.3 is 6.03 Å². The number of amides is 3. The third kappa shape index (κ3) is 2.34. The molecular weight excluding hydrogens is 292 g/mol. The Balaban J connectivity index is 1.62. The minimum absolute atomic E-state index is 0.0209. The predicted molar refractivity (Wildman–Crippen MR) is 84.9 cm³/mol. The molecule has 0 saturated carbocycles. The van der Waals surface area contributed by atoms with E-state index in [0.29, 0.717) is 13.0 Å². The van der Waals surface area contributed by atoms with Crippen LogP contribution in [0.25, 0.3) is 0 Å². The van der Waals surface area contributed by atoms with Crippen LogP contribution in [0, 0.1) is 0 Å². The third-order valence-corrected chi connectivity index (χ3v) is 5.31. The third-order valence-electron chi connectivity index (χ3n) is 5.31. The van der Waals surface area contributed by atoms with E-state index in [-0.39, 0.29) is 18.0 Å². The van der Waals surface area contributed by atoms with Gasteiger partial charge in [-0.25, -0.2) is 4.79 Å². The van der Waals surface area contributed by atoms with Crippen LogP contribution in [0.3, 0.4) is 0 Å². The minimum Gasteiger partial charge on any atom is -0.376 e. The van der Waals surface area contributed by atoms with Crippen LogP contribution in [0.4, 0.5) is 4.79 Å². The second-order valence-corrected chi connectivity index (χ2v) is 6.75. The van der Waals surface area contributed by atoms with Gasteiger partial charge in [0.1, 0.15) is 5.54 Å². The van der Waals surface area contributed by atoms with Gasteiger partial charge < -0.3 is 10.1 Å². The summed E-state index contributed by atoms with van der Waals surface area (Å²) in [6, 6.07) is 7.70. The number of nitrogens with zero attached hydrogens (tertiary/aromatic N) is 1. The summed E-state index contributed by atoms with van der Waals surface area (Å²) in [7, 11) is 0. The van der Waals surface area contributed by atoms with Crippen molar-refractivity contribution in [2.45, 2.75) is 50.2 Å². The van der Waals surface area contributed by atoms with Crippen LogP contribution in [0.15, 0.2) is 24.3 Å². The summed E-state index contributed by atoms with van der Waals surface area (Å²) in [6.07, 6.45) is 5.62. The highest BCUT2D eigenvalue weighted by Gasteiger charge is 2.54. The van der Waals surface area contributed by atoms with Gasteiger partial charge in [-0.2, -0.15) is 0 Å². The number of hydrogen-bond acceptors (Lipinski definition) is 3. The first kappa shape index (κ1) is 14.7. The first-order valence-electron chi connectivity index (χ1n) is 8.55. The maximum Gasteiger partial charge on any atom is 0.325 e. The van der Waals surface area contributed by atoms with Crippen LogP contribution < -0.4 is 5.32 Å². The molecule has 0 aromatic heterocycles. The van der Waals surface area contributed by atoms with E-state index in [1.54, 1.807) is 0 Å². The van der Waals surface area contributed by atoms with Gasteiger partial charge in [0, 0.05) is 6.61 Å². The first-order valence-corrected chi connectivity index (χ1v) is 8.55. The summed E-state index contributed by atoms with van der Waals surface area (Å²) in [5, 5.41) is 3.00. The molecule has 5 nitrogen and oxygen atoms in total. The Bertz CT molecular complexity index is 639. The van der Waals surface area contributed by atoms with Crippen molar-refractivity contribution in [3.05, 3.63) is 35.4 Å². The summed E-state index contributed by atoms with van der Waals surface area (Å²) < 4.78 is 5.71. The zero-order valence-corrected chi connectivity index (χ0v) is 13.2. The fourth-order valence-electron chi connectivity index (χ4n) is 4.13. The lowest BCUT2D eigenvalue weighted by atomic mass is 9.76. The Hall–Kier alpha value is -1.88. The van der Waals surface area contributed by atoms with Crippen molar-refractivity contribution in [3.8, 4) is 0 Å². The maximum absolute atomic E-state index is 13.1. The van der Waals surface area contributed by atoms with Crippen molar-refractivity contribution in [3.63, 3.8) is 0 Å². The molecule has 0 radical (unpaired) electrons. The standard InChI is InChI=1S/C18H22N2O3/c21-16-18(10-5-7-13-6-1-2-9-15(13)18)19-17(22)20(16)12-14-8-3-4-11-23-14/h1-2,6,9,14H,3-5,7-8,10-12H2,(H,19,22)/t14-,18+/m1/s1. The zero-order valence-electron chi connectivity index (χ0n) is 13.2. The summed E-state index contributed by atoms with van der Waals surface area (Å²) in [5.74, 6) is -0.108. The van der Waals surface area contributed by atoms with Gasteiger partial charge in [0.25, 0.3) is 5.91 Å². The highest BCUT2D eigenvalue weighted by Crippen LogP contribution is 2.40. The lowest BCUT2D eigenvalue weighted by Crippen LogP contribution is -2.47. The number of fused-ring (bicyclic) bond motifs is 2. The van der Waals surface area contributed by atoms with Gasteiger partial charge in [-0.05, 0) is 49.7 Å². The normalized spacial score (nSPS) is 30.4. The van der Waals surface area contributed by atoms with Crippen LogP contribution in [0.5, 0.6) is 0 Å². The Morgan fingerprint density at radius 1 is 1.22 bits per heavy atom. The quantitative estimate of drug-likeness (QED) is 0.853. The fraction of sp³-hybridized carbons (Fsp3) is 0.556. The molecule has 0 unspecified atom stereocenters.